The summed E-state index contributed by atoms with van der Waals surface area (Å²) >= 11 is 0. The van der Waals surface area contributed by atoms with E-state index in [4.69, 9.17) is 0 Å². The number of aryl methyl sites for hydroxylation is 1. The van der Waals surface area contributed by atoms with E-state index in [2.05, 4.69) is 36.7 Å². The second-order valence-corrected chi connectivity index (χ2v) is 14.6. The number of fused-ring (bicyclic) bond motifs is 1. The molecule has 0 bridgehead atoms. The van der Waals surface area contributed by atoms with Crippen LogP contribution < -0.4 is 15.5 Å². The van der Waals surface area contributed by atoms with E-state index in [0.29, 0.717) is 25.2 Å². The highest BCUT2D eigenvalue weighted by Gasteiger charge is 2.34. The molecule has 0 aliphatic carbocycles. The van der Waals surface area contributed by atoms with Gasteiger partial charge in [-0.15, -0.1) is 0 Å². The van der Waals surface area contributed by atoms with Crippen LogP contribution in [0.1, 0.15) is 41.9 Å². The Morgan fingerprint density at radius 1 is 1.00 bits per heavy atom. The summed E-state index contributed by atoms with van der Waals surface area (Å²) in [5, 5.41) is 10.7. The zero-order chi connectivity index (χ0) is 34.5. The Morgan fingerprint density at radius 3 is 2.43 bits per heavy atom. The van der Waals surface area contributed by atoms with Gasteiger partial charge in [-0.05, 0) is 48.2 Å². The van der Waals surface area contributed by atoms with E-state index in [0.717, 1.165) is 47.5 Å². The maximum atomic E-state index is 13.5. The van der Waals surface area contributed by atoms with E-state index < -0.39 is 27.8 Å². The van der Waals surface area contributed by atoms with Crippen molar-refractivity contribution in [2.45, 2.75) is 48.8 Å². The summed E-state index contributed by atoms with van der Waals surface area (Å²) in [6.07, 6.45) is -1.93. The first-order valence-corrected chi connectivity index (χ1v) is 17.3. The standard InChI is InChI=1S/C32H34F3N9O4S/c1-41-27-14-21(5-6-26(27)29(40-41)44-12-9-28(45)39-31(44)46)22-18-42(19-22)17-20-3-2-4-25(13-20)49(47,48)43-10-7-24(8-11-43)38-30-36-15-23(16-37-30)32(33,34)35/h2-6,13-16,22,24H,7-12,17-19H2,1H3,(H,36,37,38)(H,39,45,46). The molecule has 7 rings (SSSR count). The smallest absolute Gasteiger partial charge is 0.351 e. The van der Waals surface area contributed by atoms with E-state index in [1.807, 2.05) is 25.2 Å². The number of aromatic nitrogens is 4. The molecule has 49 heavy (non-hydrogen) atoms. The highest BCUT2D eigenvalue weighted by atomic mass is 32.2. The summed E-state index contributed by atoms with van der Waals surface area (Å²) in [6.45, 7) is 2.98. The van der Waals surface area contributed by atoms with Gasteiger partial charge in [0, 0.05) is 82.5 Å². The first kappa shape index (κ1) is 32.9. The molecule has 0 saturated carbocycles. The Morgan fingerprint density at radius 2 is 1.73 bits per heavy atom. The molecule has 3 aliphatic heterocycles. The molecular weight excluding hydrogens is 663 g/mol. The van der Waals surface area contributed by atoms with Gasteiger partial charge >= 0.3 is 12.2 Å². The van der Waals surface area contributed by atoms with Gasteiger partial charge in [-0.1, -0.05) is 18.2 Å². The van der Waals surface area contributed by atoms with Crippen LogP contribution in [0.15, 0.2) is 59.8 Å². The van der Waals surface area contributed by atoms with Crippen LogP contribution in [0.25, 0.3) is 10.9 Å². The van der Waals surface area contributed by atoms with Crippen molar-refractivity contribution in [2.75, 3.05) is 42.9 Å². The first-order valence-electron chi connectivity index (χ1n) is 15.9. The zero-order valence-corrected chi connectivity index (χ0v) is 27.3. The van der Waals surface area contributed by atoms with Crippen LogP contribution in [0.2, 0.25) is 0 Å². The lowest BCUT2D eigenvalue weighted by Gasteiger charge is -2.39. The fourth-order valence-corrected chi connectivity index (χ4v) is 8.11. The van der Waals surface area contributed by atoms with E-state index in [1.165, 1.54) is 9.21 Å². The molecule has 13 nitrogen and oxygen atoms in total. The van der Waals surface area contributed by atoms with Gasteiger partial charge in [0.1, 0.15) is 0 Å². The predicted octanol–water partition coefficient (Wildman–Crippen LogP) is 3.69. The van der Waals surface area contributed by atoms with Crippen LogP contribution in [-0.2, 0) is 34.6 Å². The lowest BCUT2D eigenvalue weighted by atomic mass is 9.90. The van der Waals surface area contributed by atoms with Crippen LogP contribution in [0, 0.1) is 0 Å². The molecule has 3 fully saturated rings. The second kappa shape index (κ2) is 12.7. The minimum absolute atomic E-state index is 0.0740. The van der Waals surface area contributed by atoms with Crippen molar-refractivity contribution in [2.24, 2.45) is 7.05 Å². The number of alkyl halides is 3. The van der Waals surface area contributed by atoms with Crippen LogP contribution >= 0.6 is 0 Å². The average molecular weight is 698 g/mol. The number of nitrogens with one attached hydrogen (secondary N) is 2. The lowest BCUT2D eigenvalue weighted by Crippen LogP contribution is -2.49. The molecule has 3 amide bonds. The first-order chi connectivity index (χ1) is 23.3. The number of benzene rings is 2. The normalized spacial score (nSPS) is 18.9. The zero-order valence-electron chi connectivity index (χ0n) is 26.5. The minimum Gasteiger partial charge on any atom is -0.351 e. The van der Waals surface area contributed by atoms with Crippen molar-refractivity contribution < 1.29 is 31.2 Å². The van der Waals surface area contributed by atoms with Gasteiger partial charge in [-0.2, -0.15) is 22.6 Å². The van der Waals surface area contributed by atoms with Crippen molar-refractivity contribution >= 4 is 44.6 Å². The largest absolute Gasteiger partial charge is 0.419 e. The topological polar surface area (TPSA) is 146 Å². The molecule has 3 saturated heterocycles. The third kappa shape index (κ3) is 6.69. The predicted molar refractivity (Wildman–Crippen MR) is 173 cm³/mol. The van der Waals surface area contributed by atoms with Crippen LogP contribution in [0.3, 0.4) is 0 Å². The van der Waals surface area contributed by atoms with E-state index in [1.54, 1.807) is 22.9 Å². The number of hydrogen-bond acceptors (Lipinski definition) is 9. The van der Waals surface area contributed by atoms with Crippen molar-refractivity contribution in [1.29, 1.82) is 0 Å². The number of urea groups is 1. The third-order valence-electron chi connectivity index (χ3n) is 9.30. The number of hydrogen-bond donors (Lipinski definition) is 2. The number of carbonyl (C=O) groups excluding carboxylic acids is 2. The van der Waals surface area contributed by atoms with Gasteiger partial charge < -0.3 is 5.32 Å². The molecule has 0 unspecified atom stereocenters. The number of amides is 3. The Hall–Kier alpha value is -4.61. The molecule has 17 heteroatoms. The number of anilines is 2. The maximum Gasteiger partial charge on any atom is 0.419 e. The van der Waals surface area contributed by atoms with Gasteiger partial charge in [0.15, 0.2) is 5.82 Å². The van der Waals surface area contributed by atoms with Crippen LogP contribution in [0.5, 0.6) is 0 Å². The molecule has 258 valence electrons. The molecule has 0 radical (unpaired) electrons. The Bertz CT molecular complexity index is 2010. The number of halogens is 3. The third-order valence-corrected chi connectivity index (χ3v) is 11.2. The highest BCUT2D eigenvalue weighted by Crippen LogP contribution is 2.34. The molecule has 3 aliphatic rings. The molecule has 4 aromatic rings. The van der Waals surface area contributed by atoms with Crippen molar-refractivity contribution in [3.8, 4) is 0 Å². The van der Waals surface area contributed by atoms with Gasteiger partial charge in [0.2, 0.25) is 21.9 Å². The van der Waals surface area contributed by atoms with Gasteiger partial charge in [0.25, 0.3) is 0 Å². The van der Waals surface area contributed by atoms with E-state index >= 15 is 0 Å². The number of nitrogens with zero attached hydrogens (tertiary/aromatic N) is 7. The van der Waals surface area contributed by atoms with E-state index in [-0.39, 0.29) is 54.8 Å². The number of likely N-dealkylation sites (tertiary alicyclic amines) is 1. The fourth-order valence-electron chi connectivity index (χ4n) is 6.57. The van der Waals surface area contributed by atoms with Crippen LogP contribution in [0.4, 0.5) is 29.7 Å². The van der Waals surface area contributed by atoms with Crippen molar-refractivity contribution in [3.05, 3.63) is 71.5 Å². The summed E-state index contributed by atoms with van der Waals surface area (Å²) in [5.74, 6) is 0.585. The molecule has 2 aromatic carbocycles. The average Bonchev–Trinajstić information content (AvgIpc) is 3.38. The highest BCUT2D eigenvalue weighted by molar-refractivity contribution is 7.89. The number of imide groups is 1. The van der Waals surface area contributed by atoms with Crippen molar-refractivity contribution in [1.82, 2.24) is 34.3 Å². The van der Waals surface area contributed by atoms with Crippen LogP contribution in [-0.4, -0.2) is 88.1 Å². The molecule has 2 N–H and O–H groups in total. The number of piperidine rings is 1. The molecule has 2 aromatic heterocycles. The number of carbonyl (C=O) groups is 2. The summed E-state index contributed by atoms with van der Waals surface area (Å²) in [4.78, 5) is 35.5. The maximum absolute atomic E-state index is 13.5. The Kier molecular flexibility index (Phi) is 8.52. The summed E-state index contributed by atoms with van der Waals surface area (Å²) in [6, 6.07) is 12.4. The molecule has 0 spiro atoms. The monoisotopic (exact) mass is 697 g/mol. The number of sulfonamides is 1. The summed E-state index contributed by atoms with van der Waals surface area (Å²) in [5.41, 5.74) is 2.00. The van der Waals surface area contributed by atoms with E-state index in [9.17, 15) is 31.2 Å². The van der Waals surface area contributed by atoms with Gasteiger partial charge in [0.05, 0.1) is 16.0 Å². The van der Waals surface area contributed by atoms with Crippen molar-refractivity contribution in [3.63, 3.8) is 0 Å². The SMILES string of the molecule is Cn1nc(N2CCC(=O)NC2=O)c2ccc(C3CN(Cc4cccc(S(=O)(=O)N5CCC(Nc6ncc(C(F)(F)F)cn6)CC5)c4)C3)cc21. The lowest BCUT2D eigenvalue weighted by molar-refractivity contribution is -0.138. The second-order valence-electron chi connectivity index (χ2n) is 12.6. The molecular formula is C32H34F3N9O4S. The molecule has 5 heterocycles. The Balaban J connectivity index is 0.937. The summed E-state index contributed by atoms with van der Waals surface area (Å²) in [7, 11) is -1.91. The minimum atomic E-state index is -4.52. The molecule has 0 atom stereocenters. The van der Waals surface area contributed by atoms with Gasteiger partial charge in [-0.3, -0.25) is 24.6 Å². The quantitative estimate of drug-likeness (QED) is 0.282. The Labute approximate surface area is 280 Å². The fraction of sp³-hybridized carbons (Fsp3) is 0.406. The van der Waals surface area contributed by atoms with Gasteiger partial charge in [-0.25, -0.2) is 23.2 Å². The number of rotatable bonds is 8. The summed E-state index contributed by atoms with van der Waals surface area (Å²) < 4.78 is 68.6.